The summed E-state index contributed by atoms with van der Waals surface area (Å²) in [5.41, 5.74) is 2.89. The Labute approximate surface area is 141 Å². The van der Waals surface area contributed by atoms with Crippen molar-refractivity contribution >= 4 is 17.5 Å². The molecule has 0 aromatic heterocycles. The summed E-state index contributed by atoms with van der Waals surface area (Å²) < 4.78 is 5.11. The molecule has 5 nitrogen and oxygen atoms in total. The fourth-order valence-electron chi connectivity index (χ4n) is 2.73. The third kappa shape index (κ3) is 3.40. The van der Waals surface area contributed by atoms with Gasteiger partial charge in [-0.1, -0.05) is 29.8 Å². The first kappa shape index (κ1) is 16.1. The largest absolute Gasteiger partial charge is 0.497 e. The number of likely N-dealkylation sites (tertiary alicyclic amines) is 1. The van der Waals surface area contributed by atoms with Crippen LogP contribution in [-0.4, -0.2) is 29.9 Å². The molecule has 1 atom stereocenters. The third-order valence-corrected chi connectivity index (χ3v) is 4.14. The third-order valence-electron chi connectivity index (χ3n) is 4.14. The fraction of sp³-hybridized carbons (Fsp3) is 0.263. The molecule has 1 heterocycles. The number of imide groups is 1. The summed E-state index contributed by atoms with van der Waals surface area (Å²) in [6, 6.07) is 14.6. The summed E-state index contributed by atoms with van der Waals surface area (Å²) in [6.45, 7) is 2.32. The number of hydrogen-bond donors (Lipinski definition) is 1. The number of carbonyl (C=O) groups excluding carboxylic acids is 2. The van der Waals surface area contributed by atoms with Gasteiger partial charge in [-0.05, 0) is 36.8 Å². The van der Waals surface area contributed by atoms with Crippen molar-refractivity contribution in [3.63, 3.8) is 0 Å². The van der Waals surface area contributed by atoms with E-state index in [1.54, 1.807) is 7.11 Å². The van der Waals surface area contributed by atoms with Gasteiger partial charge in [-0.15, -0.1) is 0 Å². The lowest BCUT2D eigenvalue weighted by atomic mass is 10.1. The number of hydrogen-bond acceptors (Lipinski definition) is 4. The van der Waals surface area contributed by atoms with Gasteiger partial charge >= 0.3 is 0 Å². The monoisotopic (exact) mass is 324 g/mol. The Kier molecular flexibility index (Phi) is 4.51. The van der Waals surface area contributed by atoms with Gasteiger partial charge in [-0.2, -0.15) is 0 Å². The summed E-state index contributed by atoms with van der Waals surface area (Å²) >= 11 is 0. The molecule has 3 rings (SSSR count). The van der Waals surface area contributed by atoms with Gasteiger partial charge in [0.15, 0.2) is 0 Å². The minimum Gasteiger partial charge on any atom is -0.497 e. The van der Waals surface area contributed by atoms with E-state index in [1.165, 1.54) is 4.90 Å². The highest BCUT2D eigenvalue weighted by Gasteiger charge is 2.38. The Morgan fingerprint density at radius 2 is 1.75 bits per heavy atom. The van der Waals surface area contributed by atoms with Crippen molar-refractivity contribution in [1.82, 2.24) is 4.90 Å². The van der Waals surface area contributed by atoms with Crippen LogP contribution in [0.5, 0.6) is 5.75 Å². The maximum absolute atomic E-state index is 12.5. The molecular weight excluding hydrogens is 304 g/mol. The fourth-order valence-corrected chi connectivity index (χ4v) is 2.73. The molecule has 1 unspecified atom stereocenters. The summed E-state index contributed by atoms with van der Waals surface area (Å²) in [5, 5.41) is 3.13. The Morgan fingerprint density at radius 1 is 1.08 bits per heavy atom. The van der Waals surface area contributed by atoms with Crippen LogP contribution in [0.2, 0.25) is 0 Å². The van der Waals surface area contributed by atoms with Crippen molar-refractivity contribution in [1.29, 1.82) is 0 Å². The van der Waals surface area contributed by atoms with Crippen LogP contribution in [-0.2, 0) is 16.1 Å². The van der Waals surface area contributed by atoms with Crippen LogP contribution in [0.25, 0.3) is 0 Å². The van der Waals surface area contributed by atoms with Crippen LogP contribution in [0, 0.1) is 6.92 Å². The van der Waals surface area contributed by atoms with Crippen LogP contribution < -0.4 is 10.1 Å². The average molecular weight is 324 g/mol. The number of nitrogens with one attached hydrogen (secondary N) is 1. The van der Waals surface area contributed by atoms with Crippen LogP contribution in [0.1, 0.15) is 17.5 Å². The molecule has 24 heavy (non-hydrogen) atoms. The van der Waals surface area contributed by atoms with Crippen molar-refractivity contribution < 1.29 is 14.3 Å². The number of rotatable bonds is 5. The normalized spacial score (nSPS) is 17.2. The predicted molar refractivity (Wildman–Crippen MR) is 91.8 cm³/mol. The van der Waals surface area contributed by atoms with E-state index in [-0.39, 0.29) is 18.2 Å². The summed E-state index contributed by atoms with van der Waals surface area (Å²) in [4.78, 5) is 26.1. The smallest absolute Gasteiger partial charge is 0.252 e. The molecule has 1 saturated heterocycles. The van der Waals surface area contributed by atoms with E-state index in [9.17, 15) is 9.59 Å². The molecule has 0 spiro atoms. The first-order chi connectivity index (χ1) is 11.6. The Bertz CT molecular complexity index is 738. The summed E-state index contributed by atoms with van der Waals surface area (Å²) in [7, 11) is 1.60. The van der Waals surface area contributed by atoms with Crippen LogP contribution in [0.15, 0.2) is 48.5 Å². The lowest BCUT2D eigenvalue weighted by Gasteiger charge is -2.16. The van der Waals surface area contributed by atoms with Gasteiger partial charge in [0, 0.05) is 5.69 Å². The number of benzene rings is 2. The molecule has 1 aliphatic rings. The molecule has 5 heteroatoms. The van der Waals surface area contributed by atoms with E-state index in [0.29, 0.717) is 6.54 Å². The summed E-state index contributed by atoms with van der Waals surface area (Å²) in [5.74, 6) is 0.415. The van der Waals surface area contributed by atoms with Crippen molar-refractivity contribution in [2.24, 2.45) is 0 Å². The number of amides is 2. The van der Waals surface area contributed by atoms with Crippen molar-refractivity contribution in [3.8, 4) is 5.75 Å². The zero-order valence-corrected chi connectivity index (χ0v) is 13.8. The number of aryl methyl sites for hydroxylation is 1. The molecule has 0 radical (unpaired) electrons. The molecule has 2 aromatic carbocycles. The average Bonchev–Trinajstić information content (AvgIpc) is 2.85. The Hall–Kier alpha value is -2.82. The molecular formula is C19H20N2O3. The zero-order valence-electron chi connectivity index (χ0n) is 13.8. The minimum atomic E-state index is -0.517. The van der Waals surface area contributed by atoms with Crippen LogP contribution in [0.3, 0.4) is 0 Å². The lowest BCUT2D eigenvalue weighted by Crippen LogP contribution is -2.34. The van der Waals surface area contributed by atoms with E-state index >= 15 is 0 Å². The topological polar surface area (TPSA) is 58.6 Å². The molecule has 0 bridgehead atoms. The van der Waals surface area contributed by atoms with Gasteiger partial charge in [0.1, 0.15) is 11.8 Å². The van der Waals surface area contributed by atoms with E-state index < -0.39 is 6.04 Å². The molecule has 1 aliphatic heterocycles. The second-order valence-electron chi connectivity index (χ2n) is 5.93. The number of nitrogens with zero attached hydrogens (tertiary/aromatic N) is 1. The highest BCUT2D eigenvalue weighted by Crippen LogP contribution is 2.22. The molecule has 1 fully saturated rings. The number of methoxy groups -OCH3 is 1. The second-order valence-corrected chi connectivity index (χ2v) is 5.93. The summed E-state index contributed by atoms with van der Waals surface area (Å²) in [6.07, 6.45) is 0.177. The molecule has 2 amide bonds. The highest BCUT2D eigenvalue weighted by molar-refractivity contribution is 6.06. The van der Waals surface area contributed by atoms with E-state index in [4.69, 9.17) is 4.74 Å². The van der Waals surface area contributed by atoms with Crippen molar-refractivity contribution in [2.75, 3.05) is 12.4 Å². The highest BCUT2D eigenvalue weighted by atomic mass is 16.5. The van der Waals surface area contributed by atoms with Gasteiger partial charge in [-0.25, -0.2) is 0 Å². The van der Waals surface area contributed by atoms with Gasteiger partial charge in [-0.3, -0.25) is 14.5 Å². The Balaban J connectivity index is 1.67. The Morgan fingerprint density at radius 3 is 2.38 bits per heavy atom. The molecule has 124 valence electrons. The first-order valence-electron chi connectivity index (χ1n) is 7.87. The van der Waals surface area contributed by atoms with Crippen LogP contribution >= 0.6 is 0 Å². The number of carbonyl (C=O) groups is 2. The van der Waals surface area contributed by atoms with Crippen molar-refractivity contribution in [3.05, 3.63) is 59.7 Å². The lowest BCUT2D eigenvalue weighted by molar-refractivity contribution is -0.139. The maximum Gasteiger partial charge on any atom is 0.252 e. The zero-order chi connectivity index (χ0) is 17.1. The van der Waals surface area contributed by atoms with E-state index in [0.717, 1.165) is 22.6 Å². The quantitative estimate of drug-likeness (QED) is 0.859. The minimum absolute atomic E-state index is 0.147. The van der Waals surface area contributed by atoms with Gasteiger partial charge in [0.25, 0.3) is 5.91 Å². The molecule has 0 aliphatic carbocycles. The number of ether oxygens (including phenoxy) is 1. The first-order valence-corrected chi connectivity index (χ1v) is 7.87. The predicted octanol–water partition coefficient (Wildman–Crippen LogP) is 2.74. The maximum atomic E-state index is 12.5. The molecule has 0 saturated carbocycles. The molecule has 2 aromatic rings. The van der Waals surface area contributed by atoms with Gasteiger partial charge < -0.3 is 10.1 Å². The SMILES string of the molecule is COc1ccc(NC2CC(=O)N(Cc3ccc(C)cc3)C2=O)cc1. The second kappa shape index (κ2) is 6.74. The van der Waals surface area contributed by atoms with E-state index in [1.807, 2.05) is 55.5 Å². The van der Waals surface area contributed by atoms with Crippen molar-refractivity contribution in [2.45, 2.75) is 25.9 Å². The molecule has 1 N–H and O–H groups in total. The van der Waals surface area contributed by atoms with Gasteiger partial charge in [0.2, 0.25) is 5.91 Å². The van der Waals surface area contributed by atoms with Crippen LogP contribution in [0.4, 0.5) is 5.69 Å². The van der Waals surface area contributed by atoms with E-state index in [2.05, 4.69) is 5.32 Å². The standard InChI is InChI=1S/C19H20N2O3/c1-13-3-5-14(6-4-13)12-21-18(22)11-17(19(21)23)20-15-7-9-16(24-2)10-8-15/h3-10,17,20H,11-12H2,1-2H3. The number of anilines is 1. The van der Waals surface area contributed by atoms with Gasteiger partial charge in [0.05, 0.1) is 20.1 Å².